The standard InChI is InChI=1S/C14H14BrN3O/c1-9(19)18-3-2-10-6-17-14(13(10)8-18)11-4-12(15)7-16-5-11/h4-5,7H,2-3,6,8H2,1H3. The Morgan fingerprint density at radius 2 is 2.26 bits per heavy atom. The molecule has 2 aliphatic heterocycles. The summed E-state index contributed by atoms with van der Waals surface area (Å²) in [7, 11) is 0. The van der Waals surface area contributed by atoms with Crippen LogP contribution in [0.5, 0.6) is 0 Å². The highest BCUT2D eigenvalue weighted by Gasteiger charge is 2.27. The minimum atomic E-state index is 0.130. The number of pyridine rings is 1. The Morgan fingerprint density at radius 3 is 3.00 bits per heavy atom. The molecule has 2 aliphatic rings. The summed E-state index contributed by atoms with van der Waals surface area (Å²) in [4.78, 5) is 22.2. The number of amides is 1. The second kappa shape index (κ2) is 4.89. The highest BCUT2D eigenvalue weighted by atomic mass is 79.9. The molecule has 1 aromatic heterocycles. The van der Waals surface area contributed by atoms with Gasteiger partial charge in [-0.05, 0) is 39.6 Å². The van der Waals surface area contributed by atoms with Crippen LogP contribution in [0.1, 0.15) is 18.9 Å². The Morgan fingerprint density at radius 1 is 1.42 bits per heavy atom. The summed E-state index contributed by atoms with van der Waals surface area (Å²) in [5.41, 5.74) is 4.59. The molecule has 0 saturated heterocycles. The first-order valence-corrected chi connectivity index (χ1v) is 7.06. The lowest BCUT2D eigenvalue weighted by Gasteiger charge is -2.27. The Labute approximate surface area is 120 Å². The van der Waals surface area contributed by atoms with E-state index < -0.39 is 0 Å². The SMILES string of the molecule is CC(=O)N1CCC2=C(C1)C(c1cncc(Br)c1)=NC2. The summed E-state index contributed by atoms with van der Waals surface area (Å²) in [6, 6.07) is 2.02. The second-order valence-electron chi connectivity index (χ2n) is 4.83. The molecule has 0 N–H and O–H groups in total. The van der Waals surface area contributed by atoms with E-state index in [4.69, 9.17) is 0 Å². The lowest BCUT2D eigenvalue weighted by Crippen LogP contribution is -2.36. The molecule has 19 heavy (non-hydrogen) atoms. The maximum absolute atomic E-state index is 11.5. The zero-order chi connectivity index (χ0) is 13.4. The number of rotatable bonds is 1. The van der Waals surface area contributed by atoms with Gasteiger partial charge in [0.2, 0.25) is 5.91 Å². The van der Waals surface area contributed by atoms with Crippen LogP contribution in [-0.4, -0.2) is 41.1 Å². The predicted molar refractivity (Wildman–Crippen MR) is 77.2 cm³/mol. The van der Waals surface area contributed by atoms with Crippen LogP contribution in [0.4, 0.5) is 0 Å². The molecule has 0 bridgehead atoms. The van der Waals surface area contributed by atoms with Gasteiger partial charge in [-0.25, -0.2) is 0 Å². The van der Waals surface area contributed by atoms with Crippen LogP contribution < -0.4 is 0 Å². The van der Waals surface area contributed by atoms with Crippen molar-refractivity contribution in [3.63, 3.8) is 0 Å². The van der Waals surface area contributed by atoms with Gasteiger partial charge in [-0.3, -0.25) is 14.8 Å². The van der Waals surface area contributed by atoms with E-state index in [0.717, 1.165) is 35.3 Å². The van der Waals surface area contributed by atoms with Gasteiger partial charge in [-0.15, -0.1) is 0 Å². The largest absolute Gasteiger partial charge is 0.338 e. The first-order chi connectivity index (χ1) is 9.15. The van der Waals surface area contributed by atoms with E-state index in [1.807, 2.05) is 17.2 Å². The van der Waals surface area contributed by atoms with Crippen molar-refractivity contribution in [1.29, 1.82) is 0 Å². The molecule has 0 unspecified atom stereocenters. The fourth-order valence-corrected chi connectivity index (χ4v) is 2.93. The summed E-state index contributed by atoms with van der Waals surface area (Å²) in [6.07, 6.45) is 4.52. The zero-order valence-corrected chi connectivity index (χ0v) is 12.3. The molecular formula is C14H14BrN3O. The number of halogens is 1. The number of hydrogen-bond donors (Lipinski definition) is 0. The predicted octanol–water partition coefficient (Wildman–Crippen LogP) is 2.20. The van der Waals surface area contributed by atoms with Crippen molar-refractivity contribution in [2.75, 3.05) is 19.6 Å². The van der Waals surface area contributed by atoms with E-state index in [0.29, 0.717) is 6.54 Å². The van der Waals surface area contributed by atoms with Crippen LogP contribution in [0.3, 0.4) is 0 Å². The van der Waals surface area contributed by atoms with Crippen molar-refractivity contribution in [3.8, 4) is 0 Å². The van der Waals surface area contributed by atoms with E-state index in [1.54, 1.807) is 13.1 Å². The van der Waals surface area contributed by atoms with Crippen LogP contribution in [0, 0.1) is 0 Å². The van der Waals surface area contributed by atoms with Gasteiger partial charge < -0.3 is 4.90 Å². The van der Waals surface area contributed by atoms with Crippen molar-refractivity contribution in [2.24, 2.45) is 4.99 Å². The average molecular weight is 320 g/mol. The normalized spacial score (nSPS) is 18.4. The van der Waals surface area contributed by atoms with Gasteiger partial charge >= 0.3 is 0 Å². The summed E-state index contributed by atoms with van der Waals surface area (Å²) < 4.78 is 0.945. The van der Waals surface area contributed by atoms with Crippen LogP contribution >= 0.6 is 15.9 Å². The molecule has 0 fully saturated rings. The maximum Gasteiger partial charge on any atom is 0.219 e. The molecule has 1 aromatic rings. The summed E-state index contributed by atoms with van der Waals surface area (Å²) in [6.45, 7) is 3.88. The fraction of sp³-hybridized carbons (Fsp3) is 0.357. The Kier molecular flexibility index (Phi) is 3.22. The molecule has 0 atom stereocenters. The third kappa shape index (κ3) is 2.34. The Bertz CT molecular complexity index is 606. The average Bonchev–Trinajstić information content (AvgIpc) is 2.81. The minimum absolute atomic E-state index is 0.130. The quantitative estimate of drug-likeness (QED) is 0.796. The fourth-order valence-electron chi connectivity index (χ4n) is 2.56. The maximum atomic E-state index is 11.5. The van der Waals surface area contributed by atoms with Gasteiger partial charge in [0.25, 0.3) is 0 Å². The molecule has 4 nitrogen and oxygen atoms in total. The number of aliphatic imine (C=N–C) groups is 1. The molecule has 3 rings (SSSR count). The van der Waals surface area contributed by atoms with Crippen LogP contribution in [0.2, 0.25) is 0 Å². The summed E-state index contributed by atoms with van der Waals surface area (Å²) >= 11 is 3.43. The molecular weight excluding hydrogens is 306 g/mol. The second-order valence-corrected chi connectivity index (χ2v) is 5.75. The highest BCUT2D eigenvalue weighted by Crippen LogP contribution is 2.28. The van der Waals surface area contributed by atoms with E-state index in [2.05, 4.69) is 25.9 Å². The molecule has 0 aliphatic carbocycles. The van der Waals surface area contributed by atoms with Gasteiger partial charge in [0.1, 0.15) is 0 Å². The minimum Gasteiger partial charge on any atom is -0.338 e. The van der Waals surface area contributed by atoms with Gasteiger partial charge in [0.15, 0.2) is 0 Å². The van der Waals surface area contributed by atoms with Crippen molar-refractivity contribution < 1.29 is 4.79 Å². The first kappa shape index (κ1) is 12.5. The van der Waals surface area contributed by atoms with Crippen molar-refractivity contribution in [1.82, 2.24) is 9.88 Å². The van der Waals surface area contributed by atoms with Crippen molar-refractivity contribution in [3.05, 3.63) is 39.6 Å². The number of aromatic nitrogens is 1. The van der Waals surface area contributed by atoms with E-state index in [9.17, 15) is 4.79 Å². The van der Waals surface area contributed by atoms with Crippen LogP contribution in [-0.2, 0) is 4.79 Å². The monoisotopic (exact) mass is 319 g/mol. The van der Waals surface area contributed by atoms with Crippen molar-refractivity contribution in [2.45, 2.75) is 13.3 Å². The zero-order valence-electron chi connectivity index (χ0n) is 10.7. The van der Waals surface area contributed by atoms with Gasteiger partial charge in [0, 0.05) is 42.4 Å². The number of carbonyl (C=O) groups excluding carboxylic acids is 1. The molecule has 5 heteroatoms. The van der Waals surface area contributed by atoms with E-state index in [1.165, 1.54) is 11.1 Å². The van der Waals surface area contributed by atoms with Gasteiger partial charge in [-0.1, -0.05) is 0 Å². The van der Waals surface area contributed by atoms with Gasteiger partial charge in [-0.2, -0.15) is 0 Å². The summed E-state index contributed by atoms with van der Waals surface area (Å²) in [5.74, 6) is 0.130. The lowest BCUT2D eigenvalue weighted by molar-refractivity contribution is -0.128. The molecule has 0 saturated carbocycles. The van der Waals surface area contributed by atoms with E-state index >= 15 is 0 Å². The molecule has 0 radical (unpaired) electrons. The van der Waals surface area contributed by atoms with Gasteiger partial charge in [0.05, 0.1) is 12.3 Å². The molecule has 3 heterocycles. The number of hydrogen-bond acceptors (Lipinski definition) is 3. The number of nitrogens with zero attached hydrogens (tertiary/aromatic N) is 3. The van der Waals surface area contributed by atoms with Crippen LogP contribution in [0.15, 0.2) is 39.1 Å². The third-order valence-corrected chi connectivity index (χ3v) is 4.03. The molecule has 1 amide bonds. The van der Waals surface area contributed by atoms with E-state index in [-0.39, 0.29) is 5.91 Å². The molecule has 0 spiro atoms. The topological polar surface area (TPSA) is 45.6 Å². The van der Waals surface area contributed by atoms with Crippen LogP contribution in [0.25, 0.3) is 0 Å². The molecule has 0 aromatic carbocycles. The highest BCUT2D eigenvalue weighted by molar-refractivity contribution is 9.10. The van der Waals surface area contributed by atoms with Crippen molar-refractivity contribution >= 4 is 27.5 Å². The Balaban J connectivity index is 1.93. The third-order valence-electron chi connectivity index (χ3n) is 3.60. The summed E-state index contributed by atoms with van der Waals surface area (Å²) in [5, 5.41) is 0. The first-order valence-electron chi connectivity index (χ1n) is 6.27. The molecule has 98 valence electrons. The lowest BCUT2D eigenvalue weighted by atomic mass is 9.96. The number of carbonyl (C=O) groups is 1. The smallest absolute Gasteiger partial charge is 0.219 e. The Hall–Kier alpha value is -1.49.